The van der Waals surface area contributed by atoms with E-state index in [4.69, 9.17) is 10.00 Å². The molecule has 0 saturated heterocycles. The number of nitrogens with zero attached hydrogens (tertiary/aromatic N) is 1. The van der Waals surface area contributed by atoms with Gasteiger partial charge in [0.1, 0.15) is 17.6 Å². The lowest BCUT2D eigenvalue weighted by Gasteiger charge is -2.27. The maximum atomic E-state index is 13.9. The lowest BCUT2D eigenvalue weighted by atomic mass is 9.99. The first-order valence-electron chi connectivity index (χ1n) is 7.07. The van der Waals surface area contributed by atoms with Crippen LogP contribution in [0.3, 0.4) is 0 Å². The number of halogens is 4. The molecule has 0 aliphatic heterocycles. The summed E-state index contributed by atoms with van der Waals surface area (Å²) in [5.41, 5.74) is -2.33. The number of ether oxygens (including phenoxy) is 1. The minimum atomic E-state index is -5.10. The summed E-state index contributed by atoms with van der Waals surface area (Å²) in [6.07, 6.45) is 0. The molecule has 1 aliphatic rings. The molecule has 0 atom stereocenters. The second-order valence-electron chi connectivity index (χ2n) is 5.64. The summed E-state index contributed by atoms with van der Waals surface area (Å²) in [4.78, 5) is 0. The van der Waals surface area contributed by atoms with Crippen LogP contribution < -0.4 is 4.74 Å². The standard InChI is InChI=1S/C17H11F4NO3/c1-9-12(25-13-5-3-2-4-10(13)8-22)7-6-11-14(9)16(23,24)17(20,21)15(11,18)19/h2-7,23-24H,1H3. The number of rotatable bonds is 2. The number of fused-ring (bicyclic) bond motifs is 1. The van der Waals surface area contributed by atoms with E-state index in [0.717, 1.165) is 13.0 Å². The Morgan fingerprint density at radius 3 is 2.28 bits per heavy atom. The van der Waals surface area contributed by atoms with Crippen molar-refractivity contribution in [2.24, 2.45) is 0 Å². The first-order valence-corrected chi connectivity index (χ1v) is 7.07. The van der Waals surface area contributed by atoms with E-state index < -0.39 is 28.8 Å². The molecule has 0 saturated carbocycles. The molecule has 0 bridgehead atoms. The lowest BCUT2D eigenvalue weighted by molar-refractivity contribution is -0.357. The fourth-order valence-corrected chi connectivity index (χ4v) is 2.83. The fourth-order valence-electron chi connectivity index (χ4n) is 2.83. The molecule has 1 aliphatic carbocycles. The Morgan fingerprint density at radius 2 is 1.64 bits per heavy atom. The highest BCUT2D eigenvalue weighted by Crippen LogP contribution is 2.60. The zero-order valence-corrected chi connectivity index (χ0v) is 12.7. The summed E-state index contributed by atoms with van der Waals surface area (Å²) in [7, 11) is 0. The second-order valence-corrected chi connectivity index (χ2v) is 5.64. The zero-order chi connectivity index (χ0) is 18.6. The molecule has 0 amide bonds. The van der Waals surface area contributed by atoms with Gasteiger partial charge in [-0.3, -0.25) is 0 Å². The van der Waals surface area contributed by atoms with Gasteiger partial charge < -0.3 is 14.9 Å². The highest BCUT2D eigenvalue weighted by Gasteiger charge is 2.77. The van der Waals surface area contributed by atoms with Crippen LogP contribution in [0.25, 0.3) is 0 Å². The largest absolute Gasteiger partial charge is 0.456 e. The minimum absolute atomic E-state index is 0.0750. The number of benzene rings is 2. The number of hydrogen-bond donors (Lipinski definition) is 2. The molecule has 0 spiro atoms. The van der Waals surface area contributed by atoms with Gasteiger partial charge in [-0.05, 0) is 31.2 Å². The molecule has 0 heterocycles. The van der Waals surface area contributed by atoms with E-state index in [9.17, 15) is 27.8 Å². The molecule has 0 fully saturated rings. The van der Waals surface area contributed by atoms with Gasteiger partial charge in [0.05, 0.1) is 5.56 Å². The van der Waals surface area contributed by atoms with Gasteiger partial charge in [0.15, 0.2) is 0 Å². The van der Waals surface area contributed by atoms with Crippen LogP contribution in [-0.2, 0) is 11.7 Å². The highest BCUT2D eigenvalue weighted by atomic mass is 19.3. The topological polar surface area (TPSA) is 73.5 Å². The molecular formula is C17H11F4NO3. The van der Waals surface area contributed by atoms with Crippen LogP contribution in [0.15, 0.2) is 36.4 Å². The predicted octanol–water partition coefficient (Wildman–Crippen LogP) is 3.54. The second kappa shape index (κ2) is 5.18. The number of hydrogen-bond acceptors (Lipinski definition) is 4. The molecule has 0 radical (unpaired) electrons. The molecular weight excluding hydrogens is 342 g/mol. The Labute approximate surface area is 139 Å². The van der Waals surface area contributed by atoms with Gasteiger partial charge in [0.2, 0.25) is 0 Å². The normalized spacial score (nSPS) is 19.1. The molecule has 130 valence electrons. The average Bonchev–Trinajstić information content (AvgIpc) is 2.66. The Kier molecular flexibility index (Phi) is 3.56. The van der Waals surface area contributed by atoms with Crippen LogP contribution in [0.2, 0.25) is 0 Å². The van der Waals surface area contributed by atoms with E-state index in [2.05, 4.69) is 0 Å². The maximum absolute atomic E-state index is 13.9. The minimum Gasteiger partial charge on any atom is -0.456 e. The Balaban J connectivity index is 2.16. The van der Waals surface area contributed by atoms with Crippen molar-refractivity contribution in [1.29, 1.82) is 5.26 Å². The number of para-hydroxylation sites is 1. The Hall–Kier alpha value is -2.63. The van der Waals surface area contributed by atoms with E-state index in [0.29, 0.717) is 6.07 Å². The summed E-state index contributed by atoms with van der Waals surface area (Å²) in [5, 5.41) is 28.4. The van der Waals surface area contributed by atoms with Crippen LogP contribution in [0.5, 0.6) is 11.5 Å². The summed E-state index contributed by atoms with van der Waals surface area (Å²) < 4.78 is 60.9. The average molecular weight is 353 g/mol. The summed E-state index contributed by atoms with van der Waals surface area (Å²) >= 11 is 0. The lowest BCUT2D eigenvalue weighted by Crippen LogP contribution is -2.48. The number of nitriles is 1. The Morgan fingerprint density at radius 1 is 1.00 bits per heavy atom. The van der Waals surface area contributed by atoms with E-state index in [1.165, 1.54) is 12.1 Å². The monoisotopic (exact) mass is 353 g/mol. The first kappa shape index (κ1) is 17.2. The van der Waals surface area contributed by atoms with Gasteiger partial charge in [0, 0.05) is 16.7 Å². The summed E-state index contributed by atoms with van der Waals surface area (Å²) in [6, 6.07) is 9.56. The molecule has 4 nitrogen and oxygen atoms in total. The molecule has 2 aromatic rings. The zero-order valence-electron chi connectivity index (χ0n) is 12.7. The summed E-state index contributed by atoms with van der Waals surface area (Å²) in [5.74, 6) is -14.0. The maximum Gasteiger partial charge on any atom is 0.371 e. The number of aliphatic hydroxyl groups is 2. The van der Waals surface area contributed by atoms with E-state index in [1.54, 1.807) is 12.1 Å². The molecule has 0 unspecified atom stereocenters. The van der Waals surface area contributed by atoms with Crippen LogP contribution in [-0.4, -0.2) is 16.1 Å². The molecule has 3 rings (SSSR count). The predicted molar refractivity (Wildman–Crippen MR) is 77.4 cm³/mol. The smallest absolute Gasteiger partial charge is 0.371 e. The molecule has 0 aromatic heterocycles. The van der Waals surface area contributed by atoms with Crippen molar-refractivity contribution in [2.75, 3.05) is 0 Å². The molecule has 8 heteroatoms. The summed E-state index contributed by atoms with van der Waals surface area (Å²) in [6.45, 7) is 1.15. The van der Waals surface area contributed by atoms with E-state index in [-0.39, 0.29) is 22.6 Å². The Bertz CT molecular complexity index is 903. The third kappa shape index (κ3) is 2.13. The van der Waals surface area contributed by atoms with Crippen LogP contribution in [0.4, 0.5) is 17.6 Å². The van der Waals surface area contributed by atoms with Gasteiger partial charge in [-0.25, -0.2) is 0 Å². The third-order valence-corrected chi connectivity index (χ3v) is 4.16. The van der Waals surface area contributed by atoms with Gasteiger partial charge in [-0.1, -0.05) is 12.1 Å². The van der Waals surface area contributed by atoms with Crippen molar-refractivity contribution in [3.63, 3.8) is 0 Å². The van der Waals surface area contributed by atoms with Gasteiger partial charge in [-0.2, -0.15) is 22.8 Å². The number of alkyl halides is 4. The van der Waals surface area contributed by atoms with Gasteiger partial charge >= 0.3 is 11.8 Å². The van der Waals surface area contributed by atoms with Crippen molar-refractivity contribution < 1.29 is 32.5 Å². The van der Waals surface area contributed by atoms with Crippen molar-refractivity contribution in [3.05, 3.63) is 58.7 Å². The van der Waals surface area contributed by atoms with Crippen LogP contribution >= 0.6 is 0 Å². The quantitative estimate of drug-likeness (QED) is 0.640. The van der Waals surface area contributed by atoms with Crippen molar-refractivity contribution in [3.8, 4) is 17.6 Å². The van der Waals surface area contributed by atoms with E-state index in [1.807, 2.05) is 6.07 Å². The first-order chi connectivity index (χ1) is 11.6. The highest BCUT2D eigenvalue weighted by molar-refractivity contribution is 5.55. The van der Waals surface area contributed by atoms with Gasteiger partial charge in [0.25, 0.3) is 5.79 Å². The molecule has 2 aromatic carbocycles. The fraction of sp³-hybridized carbons (Fsp3) is 0.235. The van der Waals surface area contributed by atoms with Gasteiger partial charge in [-0.15, -0.1) is 0 Å². The SMILES string of the molecule is Cc1c(Oc2ccccc2C#N)ccc2c1C(O)(O)C(F)(F)C2(F)F. The van der Waals surface area contributed by atoms with Crippen LogP contribution in [0.1, 0.15) is 22.3 Å². The van der Waals surface area contributed by atoms with E-state index >= 15 is 0 Å². The van der Waals surface area contributed by atoms with Crippen molar-refractivity contribution in [1.82, 2.24) is 0 Å². The van der Waals surface area contributed by atoms with Crippen LogP contribution in [0, 0.1) is 18.3 Å². The van der Waals surface area contributed by atoms with Crippen molar-refractivity contribution in [2.45, 2.75) is 24.6 Å². The van der Waals surface area contributed by atoms with Crippen molar-refractivity contribution >= 4 is 0 Å². The molecule has 25 heavy (non-hydrogen) atoms. The third-order valence-electron chi connectivity index (χ3n) is 4.16. The molecule has 2 N–H and O–H groups in total.